The van der Waals surface area contributed by atoms with Gasteiger partial charge in [0.2, 0.25) is 5.91 Å². The Labute approximate surface area is 255 Å². The highest BCUT2D eigenvalue weighted by atomic mass is 19.1. The number of aryl methyl sites for hydroxylation is 1. The van der Waals surface area contributed by atoms with Crippen LogP contribution in [0, 0.1) is 12.8 Å². The topological polar surface area (TPSA) is 111 Å². The first-order valence-corrected chi connectivity index (χ1v) is 15.7. The third-order valence-corrected chi connectivity index (χ3v) is 9.56. The van der Waals surface area contributed by atoms with Crippen molar-refractivity contribution in [3.8, 4) is 11.4 Å². The van der Waals surface area contributed by atoms with Crippen LogP contribution in [0.15, 0.2) is 36.7 Å². The van der Waals surface area contributed by atoms with Gasteiger partial charge < -0.3 is 24.8 Å². The SMILES string of the molecule is COCC(=O)N1CCC(c2nccc3cc(-c4nn5cc(C(=O)N6C[C@H](N)C[C@@H](F)C6)ccc5c4C)n(CC4CC4)c23)CC1. The molecule has 10 nitrogen and oxygen atoms in total. The van der Waals surface area contributed by atoms with E-state index in [9.17, 15) is 14.0 Å². The smallest absolute Gasteiger partial charge is 0.255 e. The fraction of sp³-hybridized carbons (Fsp3) is 0.515. The van der Waals surface area contributed by atoms with Crippen molar-refractivity contribution in [2.45, 2.75) is 63.7 Å². The van der Waals surface area contributed by atoms with E-state index in [4.69, 9.17) is 20.6 Å². The predicted octanol–water partition coefficient (Wildman–Crippen LogP) is 3.93. The van der Waals surface area contributed by atoms with Crippen LogP contribution < -0.4 is 5.73 Å². The van der Waals surface area contributed by atoms with Gasteiger partial charge >= 0.3 is 0 Å². The minimum atomic E-state index is -1.11. The largest absolute Gasteiger partial charge is 0.375 e. The summed E-state index contributed by atoms with van der Waals surface area (Å²) in [5, 5.41) is 6.16. The van der Waals surface area contributed by atoms with Gasteiger partial charge in [0.05, 0.1) is 34.5 Å². The molecule has 2 aliphatic heterocycles. The number of nitrogens with zero attached hydrogens (tertiary/aromatic N) is 6. The van der Waals surface area contributed by atoms with E-state index in [0.717, 1.165) is 58.5 Å². The summed E-state index contributed by atoms with van der Waals surface area (Å²) in [6.45, 7) is 4.90. The number of fused-ring (bicyclic) bond motifs is 2. The molecular weight excluding hydrogens is 561 g/mol. The molecule has 1 saturated carbocycles. The number of amides is 2. The maximum atomic E-state index is 14.2. The molecule has 7 rings (SSSR count). The lowest BCUT2D eigenvalue weighted by Crippen LogP contribution is -2.50. The Morgan fingerprint density at radius 3 is 2.61 bits per heavy atom. The number of methoxy groups -OCH3 is 1. The van der Waals surface area contributed by atoms with Gasteiger partial charge in [0, 0.05) is 68.6 Å². The fourth-order valence-corrected chi connectivity index (χ4v) is 7.07. The number of carbonyl (C=O) groups excluding carboxylic acids is 2. The van der Waals surface area contributed by atoms with Crippen molar-refractivity contribution in [2.24, 2.45) is 11.7 Å². The molecule has 0 aromatic carbocycles. The first-order chi connectivity index (χ1) is 21.3. The number of aromatic nitrogens is 4. The monoisotopic (exact) mass is 601 g/mol. The molecule has 2 amide bonds. The molecule has 0 radical (unpaired) electrons. The number of carbonyl (C=O) groups is 2. The number of halogens is 1. The van der Waals surface area contributed by atoms with Crippen molar-refractivity contribution in [1.29, 1.82) is 0 Å². The van der Waals surface area contributed by atoms with Crippen molar-refractivity contribution in [1.82, 2.24) is 29.0 Å². The lowest BCUT2D eigenvalue weighted by Gasteiger charge is -2.32. The van der Waals surface area contributed by atoms with Crippen LogP contribution in [0.1, 0.15) is 59.6 Å². The molecule has 0 bridgehead atoms. The Hall–Kier alpha value is -3.83. The molecule has 0 spiro atoms. The van der Waals surface area contributed by atoms with E-state index in [0.29, 0.717) is 31.1 Å². The second-order valence-corrected chi connectivity index (χ2v) is 12.8. The van der Waals surface area contributed by atoms with E-state index < -0.39 is 6.17 Å². The highest BCUT2D eigenvalue weighted by Crippen LogP contribution is 2.40. The number of hydrogen-bond acceptors (Lipinski definition) is 6. The van der Waals surface area contributed by atoms with Gasteiger partial charge in [0.15, 0.2) is 0 Å². The molecule has 2 saturated heterocycles. The number of nitrogens with two attached hydrogens (primary N) is 1. The maximum absolute atomic E-state index is 14.2. The van der Waals surface area contributed by atoms with Crippen LogP contribution in [0.3, 0.4) is 0 Å². The van der Waals surface area contributed by atoms with Crippen molar-refractivity contribution in [2.75, 3.05) is 39.9 Å². The number of rotatable bonds is 7. The quantitative estimate of drug-likeness (QED) is 0.344. The number of piperidine rings is 2. The van der Waals surface area contributed by atoms with E-state index in [2.05, 4.69) is 23.6 Å². The van der Waals surface area contributed by atoms with Gasteiger partial charge in [-0.3, -0.25) is 14.6 Å². The van der Waals surface area contributed by atoms with Gasteiger partial charge in [-0.05, 0) is 69.2 Å². The minimum Gasteiger partial charge on any atom is -0.375 e. The van der Waals surface area contributed by atoms with Gasteiger partial charge in [0.1, 0.15) is 18.5 Å². The molecule has 4 aromatic rings. The summed E-state index contributed by atoms with van der Waals surface area (Å²) in [6.07, 6.45) is 6.97. The first kappa shape index (κ1) is 28.9. The predicted molar refractivity (Wildman–Crippen MR) is 165 cm³/mol. The Balaban J connectivity index is 1.24. The minimum absolute atomic E-state index is 0.0369. The second-order valence-electron chi connectivity index (χ2n) is 12.8. The average molecular weight is 602 g/mol. The highest BCUT2D eigenvalue weighted by Gasteiger charge is 2.31. The molecule has 0 unspecified atom stereocenters. The van der Waals surface area contributed by atoms with Crippen LogP contribution in [0.2, 0.25) is 0 Å². The summed E-state index contributed by atoms with van der Waals surface area (Å²) < 4.78 is 23.4. The molecule has 2 atom stereocenters. The standard InChI is InChI=1S/C33H40FN7O3/c1-20-27-6-5-24(33(43)39-17-25(34)14-26(35)18-39)16-41(27)37-30(20)28-13-23-7-10-36-31(32(23)40(28)15-21-3-4-21)22-8-11-38(12-9-22)29(42)19-44-2/h5-7,10,13,16,21-22,25-26H,3-4,8-9,11-12,14-15,17-19,35H2,1-2H3/t25-,26-/m1/s1. The highest BCUT2D eigenvalue weighted by molar-refractivity contribution is 5.95. The van der Waals surface area contributed by atoms with Gasteiger partial charge in [-0.25, -0.2) is 8.91 Å². The molecule has 232 valence electrons. The van der Waals surface area contributed by atoms with Crippen LogP contribution >= 0.6 is 0 Å². The number of likely N-dealkylation sites (tertiary alicyclic amines) is 2. The zero-order valence-electron chi connectivity index (χ0n) is 25.4. The van der Waals surface area contributed by atoms with Crippen LogP contribution in [-0.2, 0) is 16.1 Å². The molecule has 44 heavy (non-hydrogen) atoms. The van der Waals surface area contributed by atoms with Crippen molar-refractivity contribution < 1.29 is 18.7 Å². The number of ether oxygens (including phenoxy) is 1. The zero-order valence-corrected chi connectivity index (χ0v) is 25.4. The Morgan fingerprint density at radius 1 is 1.09 bits per heavy atom. The third-order valence-electron chi connectivity index (χ3n) is 9.56. The molecule has 3 aliphatic rings. The summed E-state index contributed by atoms with van der Waals surface area (Å²) in [6, 6.07) is 7.66. The summed E-state index contributed by atoms with van der Waals surface area (Å²) in [4.78, 5) is 34.0. The molecule has 6 heterocycles. The third kappa shape index (κ3) is 5.36. The summed E-state index contributed by atoms with van der Waals surface area (Å²) in [5.74, 6) is 0.694. The Kier molecular flexibility index (Phi) is 7.62. The van der Waals surface area contributed by atoms with Gasteiger partial charge in [0.25, 0.3) is 5.91 Å². The van der Waals surface area contributed by atoms with Crippen LogP contribution in [0.4, 0.5) is 4.39 Å². The van der Waals surface area contributed by atoms with E-state index in [1.54, 1.807) is 23.9 Å². The maximum Gasteiger partial charge on any atom is 0.255 e. The van der Waals surface area contributed by atoms with E-state index >= 15 is 0 Å². The Morgan fingerprint density at radius 2 is 1.89 bits per heavy atom. The Bertz CT molecular complexity index is 1710. The number of alkyl halides is 1. The van der Waals surface area contributed by atoms with E-state index in [-0.39, 0.29) is 43.3 Å². The lowest BCUT2D eigenvalue weighted by molar-refractivity contribution is -0.136. The second kappa shape index (κ2) is 11.6. The lowest BCUT2D eigenvalue weighted by atomic mass is 9.92. The van der Waals surface area contributed by atoms with Gasteiger partial charge in [-0.1, -0.05) is 0 Å². The fourth-order valence-electron chi connectivity index (χ4n) is 7.07. The normalized spacial score (nSPS) is 21.5. The van der Waals surface area contributed by atoms with Gasteiger partial charge in [-0.2, -0.15) is 5.10 Å². The summed E-state index contributed by atoms with van der Waals surface area (Å²) in [5.41, 5.74) is 12.6. The van der Waals surface area contributed by atoms with E-state index in [1.165, 1.54) is 17.7 Å². The van der Waals surface area contributed by atoms with Crippen LogP contribution in [-0.4, -0.2) is 92.9 Å². The molecule has 11 heteroatoms. The van der Waals surface area contributed by atoms with Crippen LogP contribution in [0.25, 0.3) is 27.8 Å². The van der Waals surface area contributed by atoms with Crippen molar-refractivity contribution >= 4 is 28.2 Å². The number of pyridine rings is 2. The van der Waals surface area contributed by atoms with Crippen molar-refractivity contribution in [3.05, 3.63) is 53.5 Å². The molecule has 3 fully saturated rings. The molecular formula is C33H40FN7O3. The average Bonchev–Trinajstić information content (AvgIpc) is 3.69. The van der Waals surface area contributed by atoms with Gasteiger partial charge in [-0.15, -0.1) is 0 Å². The van der Waals surface area contributed by atoms with Crippen LogP contribution in [0.5, 0.6) is 0 Å². The number of hydrogen-bond donors (Lipinski definition) is 1. The van der Waals surface area contributed by atoms with E-state index in [1.807, 2.05) is 17.2 Å². The zero-order chi connectivity index (χ0) is 30.5. The summed E-state index contributed by atoms with van der Waals surface area (Å²) >= 11 is 0. The molecule has 1 aliphatic carbocycles. The van der Waals surface area contributed by atoms with Crippen molar-refractivity contribution in [3.63, 3.8) is 0 Å². The summed E-state index contributed by atoms with van der Waals surface area (Å²) in [7, 11) is 1.55. The first-order valence-electron chi connectivity index (χ1n) is 15.7. The molecule has 4 aromatic heterocycles. The molecule has 2 N–H and O–H groups in total.